The molecule has 0 aliphatic heterocycles. The highest BCUT2D eigenvalue weighted by molar-refractivity contribution is 9.10. The maximum Gasteiger partial charge on any atom is 0.358 e. The van der Waals surface area contributed by atoms with Crippen LogP contribution < -0.4 is 5.56 Å². The molecule has 2 rings (SSSR count). The van der Waals surface area contributed by atoms with Crippen molar-refractivity contribution in [1.29, 1.82) is 0 Å². The molecule has 16 heavy (non-hydrogen) atoms. The van der Waals surface area contributed by atoms with Crippen molar-refractivity contribution in [2.45, 2.75) is 6.92 Å². The highest BCUT2D eigenvalue weighted by atomic mass is 79.9. The van der Waals surface area contributed by atoms with E-state index in [0.29, 0.717) is 4.60 Å². The minimum atomic E-state index is -0.540. The third-order valence-electron chi connectivity index (χ3n) is 1.91. The van der Waals surface area contributed by atoms with E-state index in [2.05, 4.69) is 25.9 Å². The Kier molecular flexibility index (Phi) is 2.78. The number of imidazole rings is 1. The van der Waals surface area contributed by atoms with Gasteiger partial charge in [-0.2, -0.15) is 0 Å². The zero-order chi connectivity index (χ0) is 11.7. The van der Waals surface area contributed by atoms with Crippen LogP contribution in [0.5, 0.6) is 0 Å². The third-order valence-corrected chi connectivity index (χ3v) is 2.31. The number of halogens is 1. The zero-order valence-electron chi connectivity index (χ0n) is 8.36. The first-order valence-electron chi connectivity index (χ1n) is 4.56. The number of ether oxygens (including phenoxy) is 1. The Bertz CT molecular complexity index is 602. The van der Waals surface area contributed by atoms with Crippen LogP contribution in [0.2, 0.25) is 0 Å². The van der Waals surface area contributed by atoms with Gasteiger partial charge in [0, 0.05) is 12.4 Å². The van der Waals surface area contributed by atoms with Gasteiger partial charge < -0.3 is 9.72 Å². The average Bonchev–Trinajstić information content (AvgIpc) is 2.62. The van der Waals surface area contributed by atoms with Gasteiger partial charge in [-0.1, -0.05) is 0 Å². The van der Waals surface area contributed by atoms with Crippen LogP contribution in [0.3, 0.4) is 0 Å². The van der Waals surface area contributed by atoms with Gasteiger partial charge in [-0.15, -0.1) is 0 Å². The van der Waals surface area contributed by atoms with Crippen molar-refractivity contribution in [2.24, 2.45) is 0 Å². The molecule has 0 unspecified atom stereocenters. The van der Waals surface area contributed by atoms with E-state index in [1.807, 2.05) is 0 Å². The number of aromatic nitrogens is 3. The molecule has 0 aliphatic rings. The molecule has 7 heteroatoms. The number of carbonyl (C=O) groups excluding carboxylic acids is 1. The number of hydrogen-bond acceptors (Lipinski definition) is 4. The molecule has 0 aliphatic carbocycles. The first-order valence-corrected chi connectivity index (χ1v) is 5.35. The van der Waals surface area contributed by atoms with Crippen LogP contribution in [-0.2, 0) is 4.74 Å². The summed E-state index contributed by atoms with van der Waals surface area (Å²) in [7, 11) is 0. The molecular weight excluding hydrogens is 278 g/mol. The molecule has 0 fully saturated rings. The fourth-order valence-electron chi connectivity index (χ4n) is 1.28. The number of carbonyl (C=O) groups is 1. The minimum absolute atomic E-state index is 0.116. The van der Waals surface area contributed by atoms with E-state index in [-0.39, 0.29) is 23.5 Å². The standard InChI is InChI=1S/C9H8BrN3O3/c1-2-16-9(15)5-3-13-4-6(10)12-8(14)7(13)11-5/h3-4H,2H2,1H3,(H,12,14). The monoisotopic (exact) mass is 285 g/mol. The number of hydrogen-bond donors (Lipinski definition) is 1. The van der Waals surface area contributed by atoms with E-state index in [1.165, 1.54) is 10.6 Å². The van der Waals surface area contributed by atoms with Crippen LogP contribution in [0, 0.1) is 0 Å². The molecule has 0 aromatic carbocycles. The first kappa shape index (κ1) is 10.9. The van der Waals surface area contributed by atoms with E-state index < -0.39 is 5.97 Å². The molecule has 2 aromatic heterocycles. The van der Waals surface area contributed by atoms with Gasteiger partial charge in [-0.25, -0.2) is 9.78 Å². The van der Waals surface area contributed by atoms with Gasteiger partial charge in [0.25, 0.3) is 5.56 Å². The Morgan fingerprint density at radius 1 is 1.62 bits per heavy atom. The second-order valence-corrected chi connectivity index (χ2v) is 3.86. The van der Waals surface area contributed by atoms with Crippen molar-refractivity contribution in [3.05, 3.63) is 33.0 Å². The predicted molar refractivity (Wildman–Crippen MR) is 59.5 cm³/mol. The molecule has 1 N–H and O–H groups in total. The van der Waals surface area contributed by atoms with Gasteiger partial charge in [-0.3, -0.25) is 9.20 Å². The molecule has 2 aromatic rings. The molecule has 0 amide bonds. The molecule has 0 spiro atoms. The maximum absolute atomic E-state index is 11.5. The lowest BCUT2D eigenvalue weighted by Crippen LogP contribution is -2.10. The van der Waals surface area contributed by atoms with Crippen LogP contribution in [0.15, 0.2) is 21.8 Å². The van der Waals surface area contributed by atoms with Crippen molar-refractivity contribution in [3.8, 4) is 0 Å². The Morgan fingerprint density at radius 3 is 3.06 bits per heavy atom. The van der Waals surface area contributed by atoms with E-state index in [0.717, 1.165) is 0 Å². The summed E-state index contributed by atoms with van der Waals surface area (Å²) in [5.41, 5.74) is -0.0957. The smallest absolute Gasteiger partial charge is 0.358 e. The molecule has 0 saturated carbocycles. The van der Waals surface area contributed by atoms with Gasteiger partial charge >= 0.3 is 5.97 Å². The Balaban J connectivity index is 2.56. The third kappa shape index (κ3) is 1.85. The second kappa shape index (κ2) is 4.09. The highest BCUT2D eigenvalue weighted by Crippen LogP contribution is 2.06. The van der Waals surface area contributed by atoms with Gasteiger partial charge in [0.05, 0.1) is 6.61 Å². The Hall–Kier alpha value is -1.63. The number of nitrogens with one attached hydrogen (secondary N) is 1. The number of fused-ring (bicyclic) bond motifs is 1. The topological polar surface area (TPSA) is 76.5 Å². The van der Waals surface area contributed by atoms with Crippen molar-refractivity contribution in [1.82, 2.24) is 14.4 Å². The van der Waals surface area contributed by atoms with Crippen LogP contribution in [-0.4, -0.2) is 26.9 Å². The normalized spacial score (nSPS) is 10.6. The summed E-state index contributed by atoms with van der Waals surface area (Å²) in [6.07, 6.45) is 3.06. The summed E-state index contributed by atoms with van der Waals surface area (Å²) in [5, 5.41) is 0. The molecule has 0 saturated heterocycles. The summed E-state index contributed by atoms with van der Waals surface area (Å²) in [6.45, 7) is 1.98. The van der Waals surface area contributed by atoms with Crippen LogP contribution >= 0.6 is 15.9 Å². The summed E-state index contributed by atoms with van der Waals surface area (Å²) < 4.78 is 6.77. The predicted octanol–water partition coefficient (Wildman–Crippen LogP) is 0.962. The van der Waals surface area contributed by atoms with Gasteiger partial charge in [0.15, 0.2) is 5.69 Å². The van der Waals surface area contributed by atoms with E-state index in [9.17, 15) is 9.59 Å². The first-order chi connectivity index (χ1) is 7.61. The molecule has 0 atom stereocenters. The largest absolute Gasteiger partial charge is 0.461 e. The van der Waals surface area contributed by atoms with Crippen molar-refractivity contribution in [3.63, 3.8) is 0 Å². The number of esters is 1. The number of aromatic amines is 1. The summed E-state index contributed by atoms with van der Waals surface area (Å²) >= 11 is 3.14. The van der Waals surface area contributed by atoms with Crippen molar-refractivity contribution < 1.29 is 9.53 Å². The Morgan fingerprint density at radius 2 is 2.38 bits per heavy atom. The lowest BCUT2D eigenvalue weighted by molar-refractivity contribution is 0.0520. The van der Waals surface area contributed by atoms with Crippen LogP contribution in [0.25, 0.3) is 5.65 Å². The summed E-state index contributed by atoms with van der Waals surface area (Å²) in [5.74, 6) is -0.540. The quantitative estimate of drug-likeness (QED) is 0.834. The number of H-pyrrole nitrogens is 1. The molecule has 2 heterocycles. The molecule has 0 radical (unpaired) electrons. The lowest BCUT2D eigenvalue weighted by Gasteiger charge is -1.95. The fraction of sp³-hybridized carbons (Fsp3) is 0.222. The van der Waals surface area contributed by atoms with Crippen molar-refractivity contribution >= 4 is 27.5 Å². The number of nitrogens with zero attached hydrogens (tertiary/aromatic N) is 2. The molecule has 0 bridgehead atoms. The van der Waals surface area contributed by atoms with Gasteiger partial charge in [-0.05, 0) is 22.9 Å². The average molecular weight is 286 g/mol. The van der Waals surface area contributed by atoms with Crippen LogP contribution in [0.1, 0.15) is 17.4 Å². The minimum Gasteiger partial charge on any atom is -0.461 e. The zero-order valence-corrected chi connectivity index (χ0v) is 9.94. The fourth-order valence-corrected chi connectivity index (χ4v) is 1.68. The summed E-state index contributed by atoms with van der Waals surface area (Å²) in [6, 6.07) is 0. The van der Waals surface area contributed by atoms with Gasteiger partial charge in [0.2, 0.25) is 5.65 Å². The van der Waals surface area contributed by atoms with Crippen LogP contribution in [0.4, 0.5) is 0 Å². The molecule has 84 valence electrons. The highest BCUT2D eigenvalue weighted by Gasteiger charge is 2.13. The van der Waals surface area contributed by atoms with Crippen molar-refractivity contribution in [2.75, 3.05) is 6.61 Å². The molecular formula is C9H8BrN3O3. The van der Waals surface area contributed by atoms with E-state index >= 15 is 0 Å². The number of rotatable bonds is 2. The second-order valence-electron chi connectivity index (χ2n) is 3.01. The lowest BCUT2D eigenvalue weighted by atomic mass is 10.5. The maximum atomic E-state index is 11.5. The van der Waals surface area contributed by atoms with E-state index in [4.69, 9.17) is 4.74 Å². The van der Waals surface area contributed by atoms with E-state index in [1.54, 1.807) is 13.1 Å². The SMILES string of the molecule is CCOC(=O)c1cn2cc(Br)[nH]c(=O)c2n1. The van der Waals surface area contributed by atoms with Gasteiger partial charge in [0.1, 0.15) is 4.60 Å². The molecule has 6 nitrogen and oxygen atoms in total. The Labute approximate surface area is 98.4 Å². The summed E-state index contributed by atoms with van der Waals surface area (Å²) in [4.78, 5) is 29.3.